The Morgan fingerprint density at radius 1 is 1.18 bits per heavy atom. The molecule has 33 heavy (non-hydrogen) atoms. The van der Waals surface area contributed by atoms with E-state index in [4.69, 9.17) is 4.74 Å². The van der Waals surface area contributed by atoms with Crippen LogP contribution in [0, 0.1) is 5.82 Å². The smallest absolute Gasteiger partial charge is 0.305 e. The molecule has 2 aliphatic rings. The standard InChI is InChI=1S/C24H21FN4O4/c1-2-33-20(31)11-13-24-12-10-19(30)28(24)18-9-8-16(25)14-17(18)22-26-23(32)21(27-29(22)24)15-6-4-3-5-7-15/h3-9,14H,2,10-13H2,1H3/t24-/m1/s1. The van der Waals surface area contributed by atoms with Crippen LogP contribution >= 0.6 is 0 Å². The number of hydrogen-bond donors (Lipinski definition) is 0. The number of benzene rings is 2. The summed E-state index contributed by atoms with van der Waals surface area (Å²) in [6.45, 7) is 1.97. The number of aromatic nitrogens is 3. The van der Waals surface area contributed by atoms with Crippen LogP contribution in [0.15, 0.2) is 53.3 Å². The Morgan fingerprint density at radius 2 is 1.97 bits per heavy atom. The van der Waals surface area contributed by atoms with Gasteiger partial charge in [-0.25, -0.2) is 9.07 Å². The highest BCUT2D eigenvalue weighted by Gasteiger charge is 2.53. The Bertz CT molecular complexity index is 1320. The zero-order valence-corrected chi connectivity index (χ0v) is 18.0. The number of carbonyl (C=O) groups is 2. The van der Waals surface area contributed by atoms with E-state index in [-0.39, 0.29) is 43.3 Å². The molecule has 3 aromatic rings. The minimum atomic E-state index is -1.06. The number of halogens is 1. The minimum Gasteiger partial charge on any atom is -0.466 e. The normalized spacial score (nSPS) is 18.5. The van der Waals surface area contributed by atoms with Gasteiger partial charge in [-0.3, -0.25) is 19.3 Å². The summed E-state index contributed by atoms with van der Waals surface area (Å²) in [4.78, 5) is 44.1. The fraction of sp³-hybridized carbons (Fsp3) is 0.292. The van der Waals surface area contributed by atoms with E-state index < -0.39 is 23.0 Å². The highest BCUT2D eigenvalue weighted by atomic mass is 19.1. The maximum absolute atomic E-state index is 14.2. The van der Waals surface area contributed by atoms with Crippen LogP contribution in [0.25, 0.3) is 22.6 Å². The summed E-state index contributed by atoms with van der Waals surface area (Å²) >= 11 is 0. The average Bonchev–Trinajstić information content (AvgIpc) is 3.16. The summed E-state index contributed by atoms with van der Waals surface area (Å²) in [5, 5.41) is 4.66. The van der Waals surface area contributed by atoms with Crippen molar-refractivity contribution in [2.24, 2.45) is 0 Å². The first-order valence-electron chi connectivity index (χ1n) is 10.8. The number of amides is 1. The number of anilines is 1. The summed E-state index contributed by atoms with van der Waals surface area (Å²) in [6.07, 6.45) is 0.837. The number of fused-ring (bicyclic) bond motifs is 6. The van der Waals surface area contributed by atoms with Gasteiger partial charge in [0.05, 0.1) is 12.3 Å². The predicted molar refractivity (Wildman–Crippen MR) is 118 cm³/mol. The lowest BCUT2D eigenvalue weighted by atomic mass is 9.95. The van der Waals surface area contributed by atoms with Crippen molar-refractivity contribution in [3.05, 3.63) is 64.7 Å². The molecule has 5 rings (SSSR count). The second-order valence-corrected chi connectivity index (χ2v) is 8.05. The molecule has 0 N–H and O–H groups in total. The van der Waals surface area contributed by atoms with E-state index in [1.807, 2.05) is 6.07 Å². The quantitative estimate of drug-likeness (QED) is 0.556. The van der Waals surface area contributed by atoms with E-state index in [1.165, 1.54) is 22.9 Å². The summed E-state index contributed by atoms with van der Waals surface area (Å²) in [5.74, 6) is -0.912. The molecule has 9 heteroatoms. The van der Waals surface area contributed by atoms with Gasteiger partial charge in [-0.05, 0) is 25.1 Å². The number of hydrogen-bond acceptors (Lipinski definition) is 6. The topological polar surface area (TPSA) is 94.4 Å². The number of rotatable bonds is 5. The van der Waals surface area contributed by atoms with E-state index in [1.54, 1.807) is 36.1 Å². The van der Waals surface area contributed by atoms with E-state index in [0.29, 0.717) is 23.2 Å². The molecule has 0 saturated carbocycles. The summed E-state index contributed by atoms with van der Waals surface area (Å²) in [7, 11) is 0. The first-order valence-corrected chi connectivity index (χ1v) is 10.8. The first kappa shape index (κ1) is 21.0. The lowest BCUT2D eigenvalue weighted by molar-refractivity contribution is -0.143. The molecular formula is C24H21FN4O4. The summed E-state index contributed by atoms with van der Waals surface area (Å²) < 4.78 is 20.8. The van der Waals surface area contributed by atoms with Crippen LogP contribution in [0.2, 0.25) is 0 Å². The Morgan fingerprint density at radius 3 is 2.73 bits per heavy atom. The van der Waals surface area contributed by atoms with Crippen molar-refractivity contribution >= 4 is 17.6 Å². The summed E-state index contributed by atoms with van der Waals surface area (Å²) in [5.41, 5.74) is -0.166. The molecular weight excluding hydrogens is 427 g/mol. The molecule has 168 valence electrons. The van der Waals surface area contributed by atoms with Crippen LogP contribution < -0.4 is 10.5 Å². The molecule has 2 aromatic carbocycles. The van der Waals surface area contributed by atoms with Crippen LogP contribution in [0.5, 0.6) is 0 Å². The van der Waals surface area contributed by atoms with Gasteiger partial charge >= 0.3 is 5.97 Å². The third-order valence-electron chi connectivity index (χ3n) is 6.13. The van der Waals surface area contributed by atoms with Crippen LogP contribution in [-0.4, -0.2) is 33.2 Å². The van der Waals surface area contributed by atoms with Gasteiger partial charge in [0.15, 0.2) is 11.5 Å². The van der Waals surface area contributed by atoms with Gasteiger partial charge in [-0.1, -0.05) is 30.3 Å². The van der Waals surface area contributed by atoms with Gasteiger partial charge in [-0.2, -0.15) is 10.1 Å². The highest BCUT2D eigenvalue weighted by Crippen LogP contribution is 2.50. The van der Waals surface area contributed by atoms with Crippen molar-refractivity contribution in [1.29, 1.82) is 0 Å². The molecule has 0 spiro atoms. The molecule has 1 saturated heterocycles. The zero-order chi connectivity index (χ0) is 23.2. The maximum Gasteiger partial charge on any atom is 0.305 e. The largest absolute Gasteiger partial charge is 0.466 e. The Labute approximate surface area is 188 Å². The number of nitrogens with zero attached hydrogens (tertiary/aromatic N) is 4. The monoisotopic (exact) mass is 448 g/mol. The Balaban J connectivity index is 1.76. The zero-order valence-electron chi connectivity index (χ0n) is 18.0. The van der Waals surface area contributed by atoms with Crippen molar-refractivity contribution in [2.75, 3.05) is 11.5 Å². The van der Waals surface area contributed by atoms with Crippen molar-refractivity contribution in [1.82, 2.24) is 14.8 Å². The molecule has 1 amide bonds. The third kappa shape index (κ3) is 3.31. The molecule has 0 radical (unpaired) electrons. The highest BCUT2D eigenvalue weighted by molar-refractivity contribution is 6.01. The maximum atomic E-state index is 14.2. The Hall–Kier alpha value is -3.88. The van der Waals surface area contributed by atoms with E-state index in [2.05, 4.69) is 10.1 Å². The van der Waals surface area contributed by atoms with Crippen molar-refractivity contribution < 1.29 is 18.7 Å². The average molecular weight is 448 g/mol. The molecule has 1 atom stereocenters. The second kappa shape index (κ2) is 7.91. The van der Waals surface area contributed by atoms with Crippen LogP contribution in [0.4, 0.5) is 10.1 Å². The predicted octanol–water partition coefficient (Wildman–Crippen LogP) is 3.25. The number of carbonyl (C=O) groups excluding carboxylic acids is 2. The van der Waals surface area contributed by atoms with E-state index in [9.17, 15) is 18.8 Å². The third-order valence-corrected chi connectivity index (χ3v) is 6.13. The van der Waals surface area contributed by atoms with E-state index in [0.717, 1.165) is 0 Å². The minimum absolute atomic E-state index is 0.0437. The molecule has 8 nitrogen and oxygen atoms in total. The Kier molecular flexibility index (Phi) is 5.03. The number of ether oxygens (including phenoxy) is 1. The molecule has 2 aliphatic heterocycles. The van der Waals surface area contributed by atoms with Crippen LogP contribution in [0.1, 0.15) is 32.6 Å². The molecule has 0 unspecified atom stereocenters. The fourth-order valence-corrected chi connectivity index (χ4v) is 4.71. The lowest BCUT2D eigenvalue weighted by Crippen LogP contribution is -2.53. The van der Waals surface area contributed by atoms with E-state index >= 15 is 0 Å². The van der Waals surface area contributed by atoms with Gasteiger partial charge in [0, 0.05) is 36.8 Å². The van der Waals surface area contributed by atoms with Gasteiger partial charge < -0.3 is 4.74 Å². The van der Waals surface area contributed by atoms with Crippen molar-refractivity contribution in [3.8, 4) is 22.6 Å². The van der Waals surface area contributed by atoms with Gasteiger partial charge in [0.1, 0.15) is 11.5 Å². The lowest BCUT2D eigenvalue weighted by Gasteiger charge is -2.44. The van der Waals surface area contributed by atoms with Crippen molar-refractivity contribution in [3.63, 3.8) is 0 Å². The molecule has 1 aromatic heterocycles. The van der Waals surface area contributed by atoms with Gasteiger partial charge in [0.2, 0.25) is 5.91 Å². The number of esters is 1. The fourth-order valence-electron chi connectivity index (χ4n) is 4.71. The van der Waals surface area contributed by atoms with Crippen LogP contribution in [-0.2, 0) is 20.0 Å². The molecule has 0 aliphatic carbocycles. The first-order chi connectivity index (χ1) is 15.9. The van der Waals surface area contributed by atoms with Crippen LogP contribution in [0.3, 0.4) is 0 Å². The van der Waals surface area contributed by atoms with Gasteiger partial charge in [0.25, 0.3) is 5.56 Å². The SMILES string of the molecule is CCOC(=O)CC[C@]12CCC(=O)N1c1ccc(F)cc1-c1nc(=O)c(-c3ccccc3)nn12. The van der Waals surface area contributed by atoms with Gasteiger partial charge in [-0.15, -0.1) is 0 Å². The second-order valence-electron chi connectivity index (χ2n) is 8.05. The van der Waals surface area contributed by atoms with Crippen molar-refractivity contribution in [2.45, 2.75) is 38.3 Å². The molecule has 3 heterocycles. The molecule has 0 bridgehead atoms. The summed E-state index contributed by atoms with van der Waals surface area (Å²) in [6, 6.07) is 12.9. The molecule has 1 fully saturated rings.